The average molecular weight is 206 g/mol. The second-order valence-corrected chi connectivity index (χ2v) is 1.58. The zero-order chi connectivity index (χ0) is 6.12. The maximum atomic E-state index is 8.61. The summed E-state index contributed by atoms with van der Waals surface area (Å²) in [5.41, 5.74) is 0. The van der Waals surface area contributed by atoms with Gasteiger partial charge in [0.25, 0.3) is 0 Å². The van der Waals surface area contributed by atoms with Crippen LogP contribution in [-0.4, -0.2) is 20.7 Å². The molecule has 3 nitrogen and oxygen atoms in total. The van der Waals surface area contributed by atoms with Crippen molar-refractivity contribution in [2.24, 2.45) is 0 Å². The molecule has 0 aromatic carbocycles. The topological polar surface area (TPSA) is 57.5 Å². The van der Waals surface area contributed by atoms with Gasteiger partial charge in [0.15, 0.2) is 0 Å². The van der Waals surface area contributed by atoms with E-state index in [4.69, 9.17) is 12.1 Å². The van der Waals surface area contributed by atoms with Gasteiger partial charge in [-0.1, -0.05) is 15.9 Å². The van der Waals surface area contributed by atoms with Crippen molar-refractivity contribution in [2.45, 2.75) is 0 Å². The first-order valence-electron chi connectivity index (χ1n) is 1.51. The van der Waals surface area contributed by atoms with E-state index in [9.17, 15) is 0 Å². The van der Waals surface area contributed by atoms with Crippen LogP contribution in [0.15, 0.2) is 0 Å². The SMILES string of the molecule is OCCBr.[O]=[Ti][OH]. The Hall–Kier alpha value is 0.914. The van der Waals surface area contributed by atoms with E-state index >= 15 is 0 Å². The Kier molecular flexibility index (Phi) is 24.4. The summed E-state index contributed by atoms with van der Waals surface area (Å²) in [5.74, 6) is 0. The van der Waals surface area contributed by atoms with Gasteiger partial charge < -0.3 is 5.11 Å². The van der Waals surface area contributed by atoms with Gasteiger partial charge in [0, 0.05) is 5.33 Å². The molecule has 0 aliphatic rings. The molecule has 0 unspecified atom stereocenters. The molecule has 43 valence electrons. The number of rotatable bonds is 1. The maximum absolute atomic E-state index is 8.61. The molecule has 2 N–H and O–H groups in total. The normalized spacial score (nSPS) is 5.57. The van der Waals surface area contributed by atoms with Crippen LogP contribution < -0.4 is 0 Å². The molecule has 0 spiro atoms. The van der Waals surface area contributed by atoms with E-state index in [1.165, 1.54) is 0 Å². The molecule has 0 saturated heterocycles. The molecule has 0 radical (unpaired) electrons. The summed E-state index contributed by atoms with van der Waals surface area (Å²) >= 11 is 1.25. The number of hydrogen-bond acceptors (Lipinski definition) is 2. The third-order valence-corrected chi connectivity index (χ3v) is 0.439. The predicted molar refractivity (Wildman–Crippen MR) is 23.8 cm³/mol. The molecule has 0 atom stereocenters. The second kappa shape index (κ2) is 15.8. The first-order valence-corrected chi connectivity index (χ1v) is 3.97. The first-order chi connectivity index (χ1) is 3.33. The van der Waals surface area contributed by atoms with Gasteiger partial charge in [0.2, 0.25) is 0 Å². The van der Waals surface area contributed by atoms with E-state index in [0.717, 1.165) is 0 Å². The van der Waals surface area contributed by atoms with Crippen molar-refractivity contribution in [3.63, 3.8) is 0 Å². The van der Waals surface area contributed by atoms with E-state index in [0.29, 0.717) is 5.33 Å². The summed E-state index contributed by atoms with van der Waals surface area (Å²) in [4.78, 5) is 0. The van der Waals surface area contributed by atoms with Crippen molar-refractivity contribution < 1.29 is 31.6 Å². The van der Waals surface area contributed by atoms with Crippen molar-refractivity contribution >= 4 is 15.9 Å². The molecule has 0 aliphatic carbocycles. The predicted octanol–water partition coefficient (Wildman–Crippen LogP) is -0.305. The van der Waals surface area contributed by atoms with Gasteiger partial charge in [-0.25, -0.2) is 0 Å². The standard InChI is InChI=1S/C2H5BrO.H2O.O.Ti/c3-1-2-4;;;/h4H,1-2H2;1H2;;/q;;;+1/p-1. The van der Waals surface area contributed by atoms with Crippen LogP contribution in [0, 0.1) is 0 Å². The van der Waals surface area contributed by atoms with Gasteiger partial charge in [-0.05, 0) is 0 Å². The molecular formula is C2H6BrO3Ti. The summed E-state index contributed by atoms with van der Waals surface area (Å²) in [6.07, 6.45) is 0. The van der Waals surface area contributed by atoms with Crippen molar-refractivity contribution in [3.05, 3.63) is 0 Å². The van der Waals surface area contributed by atoms with Gasteiger partial charge >= 0.3 is 26.5 Å². The fraction of sp³-hybridized carbons (Fsp3) is 1.00. The van der Waals surface area contributed by atoms with Gasteiger partial charge in [-0.2, -0.15) is 0 Å². The van der Waals surface area contributed by atoms with Crippen LogP contribution in [0.2, 0.25) is 0 Å². The van der Waals surface area contributed by atoms with Crippen molar-refractivity contribution in [2.75, 3.05) is 11.9 Å². The van der Waals surface area contributed by atoms with Crippen LogP contribution in [0.3, 0.4) is 0 Å². The summed E-state index contributed by atoms with van der Waals surface area (Å²) in [5, 5.41) is 8.52. The fourth-order valence-corrected chi connectivity index (χ4v) is 0. The van der Waals surface area contributed by atoms with E-state index in [2.05, 4.69) is 15.9 Å². The Bertz CT molecular complexity index is 32.1. The van der Waals surface area contributed by atoms with Gasteiger partial charge in [-0.3, -0.25) is 0 Å². The van der Waals surface area contributed by atoms with Gasteiger partial charge in [0.05, 0.1) is 6.61 Å². The zero-order valence-electron chi connectivity index (χ0n) is 3.59. The monoisotopic (exact) mass is 205 g/mol. The second-order valence-electron chi connectivity index (χ2n) is 0.504. The Morgan fingerprint density at radius 2 is 1.86 bits per heavy atom. The summed E-state index contributed by atoms with van der Waals surface area (Å²) in [6.45, 7) is 0.236. The zero-order valence-corrected chi connectivity index (χ0v) is 6.74. The van der Waals surface area contributed by atoms with Crippen LogP contribution >= 0.6 is 15.9 Å². The van der Waals surface area contributed by atoms with Gasteiger partial charge in [0.1, 0.15) is 0 Å². The molecule has 0 aromatic heterocycles. The first kappa shape index (κ1) is 10.8. The number of aliphatic hydroxyl groups is 1. The minimum absolute atomic E-state index is 0.236. The quantitative estimate of drug-likeness (QED) is 0.457. The van der Waals surface area contributed by atoms with E-state index < -0.39 is 19.5 Å². The van der Waals surface area contributed by atoms with Crippen LogP contribution in [0.4, 0.5) is 0 Å². The van der Waals surface area contributed by atoms with E-state index in [1.54, 1.807) is 0 Å². The molecule has 0 saturated carbocycles. The molecule has 0 amide bonds. The number of aliphatic hydroxyl groups excluding tert-OH is 1. The molecule has 7 heavy (non-hydrogen) atoms. The Morgan fingerprint density at radius 3 is 1.86 bits per heavy atom. The molecule has 5 heteroatoms. The molecule has 0 rings (SSSR count). The number of halogens is 1. The van der Waals surface area contributed by atoms with E-state index in [-0.39, 0.29) is 6.61 Å². The molecular weight excluding hydrogens is 200 g/mol. The summed E-state index contributed by atoms with van der Waals surface area (Å²) in [6, 6.07) is 0. The third kappa shape index (κ3) is 45.6. The Balaban J connectivity index is 0. The molecule has 0 heterocycles. The minimum atomic E-state index is -1.75. The van der Waals surface area contributed by atoms with Crippen LogP contribution in [-0.2, 0) is 22.8 Å². The van der Waals surface area contributed by atoms with Crippen LogP contribution in [0.5, 0.6) is 0 Å². The Labute approximate surface area is 59.6 Å². The fourth-order valence-electron chi connectivity index (χ4n) is 0. The van der Waals surface area contributed by atoms with Crippen molar-refractivity contribution in [1.29, 1.82) is 0 Å². The molecule has 0 fully saturated rings. The molecule has 0 bridgehead atoms. The molecule has 0 aliphatic heterocycles. The number of alkyl halides is 1. The van der Waals surface area contributed by atoms with Crippen molar-refractivity contribution in [3.8, 4) is 0 Å². The van der Waals surface area contributed by atoms with Crippen LogP contribution in [0.25, 0.3) is 0 Å². The summed E-state index contributed by atoms with van der Waals surface area (Å²) < 4.78 is 15.8. The Morgan fingerprint density at radius 1 is 1.71 bits per heavy atom. The van der Waals surface area contributed by atoms with Crippen molar-refractivity contribution in [1.82, 2.24) is 0 Å². The number of hydrogen-bond donors (Lipinski definition) is 2. The summed E-state index contributed by atoms with van der Waals surface area (Å²) in [7, 11) is 0. The third-order valence-electron chi connectivity index (χ3n) is 0.0845. The molecule has 0 aromatic rings. The van der Waals surface area contributed by atoms with E-state index in [1.807, 2.05) is 0 Å². The van der Waals surface area contributed by atoms with Gasteiger partial charge in [-0.15, -0.1) is 0 Å². The van der Waals surface area contributed by atoms with Crippen LogP contribution in [0.1, 0.15) is 0 Å². The average Bonchev–Trinajstić information content (AvgIpc) is 1.69.